The van der Waals surface area contributed by atoms with Gasteiger partial charge in [-0.05, 0) is 25.7 Å². The summed E-state index contributed by atoms with van der Waals surface area (Å²) in [5.74, 6) is -2.37. The van der Waals surface area contributed by atoms with Crippen LogP contribution in [-0.4, -0.2) is 57.1 Å². The Morgan fingerprint density at radius 1 is 0.396 bits per heavy atom. The molecule has 0 aromatic carbocycles. The number of rotatable bonds is 42. The van der Waals surface area contributed by atoms with Crippen molar-refractivity contribution in [2.24, 2.45) is 0 Å². The average molecular weight is 753 g/mol. The molecule has 0 amide bonds. The molecule has 0 bridgehead atoms. The highest BCUT2D eigenvalue weighted by Gasteiger charge is 2.37. The normalized spacial score (nSPS) is 13.1. The highest BCUT2D eigenvalue weighted by Crippen LogP contribution is 2.19. The highest BCUT2D eigenvalue weighted by molar-refractivity contribution is 5.89. The van der Waals surface area contributed by atoms with E-state index in [0.717, 1.165) is 64.2 Å². The first-order valence-corrected chi connectivity index (χ1v) is 22.6. The van der Waals surface area contributed by atoms with Gasteiger partial charge < -0.3 is 20.1 Å². The molecule has 3 N–H and O–H groups in total. The lowest BCUT2D eigenvalue weighted by atomic mass is 9.95. The lowest BCUT2D eigenvalue weighted by Gasteiger charge is -2.25. The SMILES string of the molecule is CCCCCCCCCCCCCCCC(=O)C(O)C(O)C(OC(=O)CCCCCCCCC(=O)O)C(=O)CCCCCCCCCCCCCCC. The summed E-state index contributed by atoms with van der Waals surface area (Å²) in [6.45, 7) is 4.48. The van der Waals surface area contributed by atoms with Gasteiger partial charge in [-0.25, -0.2) is 0 Å². The molecular formula is C45H84O8. The van der Waals surface area contributed by atoms with Crippen molar-refractivity contribution < 1.29 is 39.2 Å². The van der Waals surface area contributed by atoms with Crippen LogP contribution in [0.4, 0.5) is 0 Å². The Morgan fingerprint density at radius 3 is 1.02 bits per heavy atom. The first-order valence-electron chi connectivity index (χ1n) is 22.6. The Morgan fingerprint density at radius 2 is 0.679 bits per heavy atom. The van der Waals surface area contributed by atoms with E-state index in [-0.39, 0.29) is 25.7 Å². The molecule has 0 fully saturated rings. The number of unbranched alkanes of at least 4 members (excludes halogenated alkanes) is 29. The van der Waals surface area contributed by atoms with E-state index < -0.39 is 41.8 Å². The van der Waals surface area contributed by atoms with Gasteiger partial charge in [0.2, 0.25) is 0 Å². The number of esters is 1. The smallest absolute Gasteiger partial charge is 0.306 e. The minimum Gasteiger partial charge on any atom is -0.481 e. The van der Waals surface area contributed by atoms with Crippen molar-refractivity contribution in [2.45, 2.75) is 263 Å². The lowest BCUT2D eigenvalue weighted by molar-refractivity contribution is -0.169. The minimum absolute atomic E-state index is 0.0768. The summed E-state index contributed by atoms with van der Waals surface area (Å²) >= 11 is 0. The number of carbonyl (C=O) groups is 4. The number of carboxylic acids is 1. The molecule has 0 heterocycles. The van der Waals surface area contributed by atoms with E-state index >= 15 is 0 Å². The Hall–Kier alpha value is -1.80. The molecule has 3 atom stereocenters. The van der Waals surface area contributed by atoms with Gasteiger partial charge in [0, 0.05) is 25.7 Å². The van der Waals surface area contributed by atoms with Crippen LogP contribution in [0, 0.1) is 0 Å². The fourth-order valence-corrected chi connectivity index (χ4v) is 7.06. The fraction of sp³-hybridized carbons (Fsp3) is 0.911. The molecule has 0 saturated carbocycles. The van der Waals surface area contributed by atoms with Crippen LogP contribution in [0.15, 0.2) is 0 Å². The Labute approximate surface area is 325 Å². The van der Waals surface area contributed by atoms with Gasteiger partial charge in [-0.2, -0.15) is 0 Å². The summed E-state index contributed by atoms with van der Waals surface area (Å²) in [6.07, 6.45) is 30.5. The Bertz CT molecular complexity index is 875. The van der Waals surface area contributed by atoms with Crippen molar-refractivity contribution in [3.63, 3.8) is 0 Å². The summed E-state index contributed by atoms with van der Waals surface area (Å²) in [6, 6.07) is 0. The van der Waals surface area contributed by atoms with Crippen LogP contribution in [0.5, 0.6) is 0 Å². The van der Waals surface area contributed by atoms with E-state index in [9.17, 15) is 29.4 Å². The highest BCUT2D eigenvalue weighted by atomic mass is 16.6. The van der Waals surface area contributed by atoms with E-state index in [1.54, 1.807) is 0 Å². The van der Waals surface area contributed by atoms with Crippen molar-refractivity contribution in [3.8, 4) is 0 Å². The van der Waals surface area contributed by atoms with Gasteiger partial charge in [-0.3, -0.25) is 19.2 Å². The number of aliphatic hydroxyl groups excluding tert-OH is 2. The zero-order chi connectivity index (χ0) is 39.2. The number of carboxylic acid groups (broad SMARTS) is 1. The standard InChI is InChI=1S/C45H84O8/c1-3-5-7-9-11-13-15-17-19-21-23-27-31-35-39(46)43(51)44(52)45(53-42(50)38-34-30-26-25-29-33-37-41(48)49)40(47)36-32-28-24-22-20-18-16-14-12-10-8-6-4-2/h43-45,51-52H,3-38H2,1-2H3,(H,48,49). The largest absolute Gasteiger partial charge is 0.481 e. The van der Waals surface area contributed by atoms with Gasteiger partial charge in [0.05, 0.1) is 0 Å². The summed E-state index contributed by atoms with van der Waals surface area (Å²) in [5, 5.41) is 30.5. The first kappa shape index (κ1) is 51.2. The first-order chi connectivity index (χ1) is 25.7. The number of carbonyl (C=O) groups excluding carboxylic acids is 3. The number of ether oxygens (including phenoxy) is 1. The molecule has 0 aromatic rings. The molecule has 53 heavy (non-hydrogen) atoms. The fourth-order valence-electron chi connectivity index (χ4n) is 7.06. The Balaban J connectivity index is 4.62. The number of hydrogen-bond acceptors (Lipinski definition) is 7. The third-order valence-electron chi connectivity index (χ3n) is 10.6. The third-order valence-corrected chi connectivity index (χ3v) is 10.6. The zero-order valence-electron chi connectivity index (χ0n) is 34.6. The van der Waals surface area contributed by atoms with Crippen LogP contribution >= 0.6 is 0 Å². The van der Waals surface area contributed by atoms with Crippen LogP contribution in [0.25, 0.3) is 0 Å². The second kappa shape index (κ2) is 38.5. The number of aliphatic carboxylic acids is 1. The summed E-state index contributed by atoms with van der Waals surface area (Å²) in [7, 11) is 0. The zero-order valence-corrected chi connectivity index (χ0v) is 34.6. The van der Waals surface area contributed by atoms with Crippen molar-refractivity contribution in [1.82, 2.24) is 0 Å². The molecule has 3 unspecified atom stereocenters. The molecule has 8 heteroatoms. The van der Waals surface area contributed by atoms with Crippen molar-refractivity contribution in [3.05, 3.63) is 0 Å². The van der Waals surface area contributed by atoms with Crippen LogP contribution in [0.2, 0.25) is 0 Å². The molecule has 0 aliphatic heterocycles. The van der Waals surface area contributed by atoms with E-state index in [0.29, 0.717) is 25.7 Å². The number of Topliss-reactive ketones (excluding diaryl/α,β-unsaturated/α-hetero) is 2. The van der Waals surface area contributed by atoms with Crippen LogP contribution in [-0.2, 0) is 23.9 Å². The van der Waals surface area contributed by atoms with E-state index in [1.165, 1.54) is 116 Å². The number of ketones is 2. The van der Waals surface area contributed by atoms with E-state index in [1.807, 2.05) is 0 Å². The second-order valence-electron chi connectivity index (χ2n) is 15.8. The van der Waals surface area contributed by atoms with Crippen LogP contribution in [0.3, 0.4) is 0 Å². The van der Waals surface area contributed by atoms with Crippen molar-refractivity contribution in [2.75, 3.05) is 0 Å². The topological polar surface area (TPSA) is 138 Å². The van der Waals surface area contributed by atoms with Gasteiger partial charge in [0.25, 0.3) is 0 Å². The molecule has 0 rings (SSSR count). The molecule has 8 nitrogen and oxygen atoms in total. The maximum atomic E-state index is 13.3. The maximum Gasteiger partial charge on any atom is 0.306 e. The van der Waals surface area contributed by atoms with Gasteiger partial charge in [0.15, 0.2) is 17.7 Å². The number of hydrogen-bond donors (Lipinski definition) is 3. The molecular weight excluding hydrogens is 668 g/mol. The van der Waals surface area contributed by atoms with Crippen molar-refractivity contribution in [1.29, 1.82) is 0 Å². The molecule has 312 valence electrons. The molecule has 0 aromatic heterocycles. The van der Waals surface area contributed by atoms with Gasteiger partial charge >= 0.3 is 11.9 Å². The van der Waals surface area contributed by atoms with E-state index in [2.05, 4.69) is 13.8 Å². The van der Waals surface area contributed by atoms with Gasteiger partial charge in [0.1, 0.15) is 12.2 Å². The predicted octanol–water partition coefficient (Wildman–Crippen LogP) is 11.9. The third kappa shape index (κ3) is 33.3. The van der Waals surface area contributed by atoms with Crippen LogP contribution in [0.1, 0.15) is 245 Å². The monoisotopic (exact) mass is 753 g/mol. The molecule has 0 radical (unpaired) electrons. The maximum absolute atomic E-state index is 13.3. The quantitative estimate of drug-likeness (QED) is 0.0414. The summed E-state index contributed by atoms with van der Waals surface area (Å²) in [4.78, 5) is 49.5. The second-order valence-corrected chi connectivity index (χ2v) is 15.8. The average Bonchev–Trinajstić information content (AvgIpc) is 3.14. The predicted molar refractivity (Wildman–Crippen MR) is 217 cm³/mol. The van der Waals surface area contributed by atoms with Crippen LogP contribution < -0.4 is 0 Å². The van der Waals surface area contributed by atoms with Gasteiger partial charge in [-0.1, -0.05) is 194 Å². The Kier molecular flexibility index (Phi) is 37.2. The summed E-state index contributed by atoms with van der Waals surface area (Å²) < 4.78 is 5.49. The van der Waals surface area contributed by atoms with Gasteiger partial charge in [-0.15, -0.1) is 0 Å². The summed E-state index contributed by atoms with van der Waals surface area (Å²) in [5.41, 5.74) is 0. The number of aliphatic hydroxyl groups is 2. The molecule has 0 spiro atoms. The van der Waals surface area contributed by atoms with Crippen molar-refractivity contribution >= 4 is 23.5 Å². The molecule has 0 aliphatic carbocycles. The molecule has 0 aliphatic rings. The molecule has 0 saturated heterocycles. The minimum atomic E-state index is -1.78. The lowest BCUT2D eigenvalue weighted by Crippen LogP contribution is -2.48. The van der Waals surface area contributed by atoms with E-state index in [4.69, 9.17) is 9.84 Å².